The number of carbonyl (C=O) groups excluding carboxylic acids is 1. The molecule has 0 saturated carbocycles. The van der Waals surface area contributed by atoms with Crippen molar-refractivity contribution in [2.45, 2.75) is 0 Å². The van der Waals surface area contributed by atoms with Crippen LogP contribution in [0.5, 0.6) is 0 Å². The van der Waals surface area contributed by atoms with Gasteiger partial charge in [-0.3, -0.25) is 4.79 Å². The summed E-state index contributed by atoms with van der Waals surface area (Å²) >= 11 is 0. The van der Waals surface area contributed by atoms with Crippen LogP contribution in [0.15, 0.2) is 78.9 Å². The molecule has 0 aromatic heterocycles. The fraction of sp³-hybridized carbons (Fsp3) is 0. The van der Waals surface area contributed by atoms with E-state index >= 15 is 0 Å². The highest BCUT2D eigenvalue weighted by atomic mass is 16.1. The number of nitrogen functional groups attached to an aromatic ring is 1. The number of nitrogens with two attached hydrogens (primary N) is 1. The van der Waals surface area contributed by atoms with E-state index in [9.17, 15) is 4.79 Å². The molecular formula is C21H15NO. The van der Waals surface area contributed by atoms with Crippen LogP contribution < -0.4 is 5.73 Å². The van der Waals surface area contributed by atoms with Crippen molar-refractivity contribution in [1.82, 2.24) is 0 Å². The third-order valence-electron chi connectivity index (χ3n) is 4.14. The molecule has 0 atom stereocenters. The molecule has 0 aliphatic carbocycles. The summed E-state index contributed by atoms with van der Waals surface area (Å²) in [7, 11) is 0. The van der Waals surface area contributed by atoms with Gasteiger partial charge in [0, 0.05) is 16.8 Å². The standard InChI is InChI=1S/C21H15NO/c22-20-9-7-14(8-10-20)21(23)18-6-5-17-11-15-3-1-2-4-16(15)12-19(17)13-18/h1-13H,22H2. The van der Waals surface area contributed by atoms with E-state index in [1.54, 1.807) is 24.3 Å². The third kappa shape index (κ3) is 2.44. The number of ketones is 1. The molecule has 23 heavy (non-hydrogen) atoms. The van der Waals surface area contributed by atoms with Crippen LogP contribution in [0.25, 0.3) is 21.5 Å². The van der Waals surface area contributed by atoms with Crippen molar-refractivity contribution < 1.29 is 4.79 Å². The molecule has 0 amide bonds. The first kappa shape index (κ1) is 13.5. The Kier molecular flexibility index (Phi) is 3.09. The van der Waals surface area contributed by atoms with E-state index in [1.165, 1.54) is 10.8 Å². The van der Waals surface area contributed by atoms with Crippen LogP contribution in [0.2, 0.25) is 0 Å². The molecule has 0 bridgehead atoms. The summed E-state index contributed by atoms with van der Waals surface area (Å²) in [6, 6.07) is 25.4. The maximum atomic E-state index is 12.6. The van der Waals surface area contributed by atoms with Gasteiger partial charge in [-0.25, -0.2) is 0 Å². The van der Waals surface area contributed by atoms with E-state index in [0.29, 0.717) is 16.8 Å². The van der Waals surface area contributed by atoms with Gasteiger partial charge in [-0.1, -0.05) is 36.4 Å². The second-order valence-electron chi connectivity index (χ2n) is 5.71. The second kappa shape index (κ2) is 5.25. The van der Waals surface area contributed by atoms with E-state index in [2.05, 4.69) is 24.3 Å². The first-order valence-corrected chi connectivity index (χ1v) is 7.53. The predicted octanol–water partition coefficient (Wildman–Crippen LogP) is 4.81. The fourth-order valence-electron chi connectivity index (χ4n) is 2.88. The van der Waals surface area contributed by atoms with Crippen LogP contribution in [0.1, 0.15) is 15.9 Å². The monoisotopic (exact) mass is 297 g/mol. The Balaban J connectivity index is 1.83. The van der Waals surface area contributed by atoms with E-state index in [-0.39, 0.29) is 5.78 Å². The molecule has 110 valence electrons. The van der Waals surface area contributed by atoms with Crippen molar-refractivity contribution in [2.24, 2.45) is 0 Å². The molecule has 2 nitrogen and oxygen atoms in total. The maximum Gasteiger partial charge on any atom is 0.193 e. The van der Waals surface area contributed by atoms with Gasteiger partial charge in [-0.15, -0.1) is 0 Å². The molecule has 0 aliphatic heterocycles. The van der Waals surface area contributed by atoms with Gasteiger partial charge in [0.2, 0.25) is 0 Å². The van der Waals surface area contributed by atoms with Gasteiger partial charge >= 0.3 is 0 Å². The van der Waals surface area contributed by atoms with Crippen LogP contribution >= 0.6 is 0 Å². The molecule has 2 N–H and O–H groups in total. The van der Waals surface area contributed by atoms with Gasteiger partial charge in [0.05, 0.1) is 0 Å². The van der Waals surface area contributed by atoms with Crippen molar-refractivity contribution in [3.63, 3.8) is 0 Å². The number of fused-ring (bicyclic) bond motifs is 2. The number of carbonyl (C=O) groups is 1. The molecule has 0 aliphatic rings. The lowest BCUT2D eigenvalue weighted by Gasteiger charge is -2.06. The Morgan fingerprint density at radius 1 is 0.609 bits per heavy atom. The average molecular weight is 297 g/mol. The van der Waals surface area contributed by atoms with Gasteiger partial charge in [-0.05, 0) is 64.0 Å². The minimum atomic E-state index is 0.0139. The van der Waals surface area contributed by atoms with Crippen molar-refractivity contribution in [3.05, 3.63) is 90.0 Å². The lowest BCUT2D eigenvalue weighted by Crippen LogP contribution is -2.01. The molecular weight excluding hydrogens is 282 g/mol. The van der Waals surface area contributed by atoms with E-state index < -0.39 is 0 Å². The van der Waals surface area contributed by atoms with Crippen LogP contribution in [-0.2, 0) is 0 Å². The summed E-state index contributed by atoms with van der Waals surface area (Å²) in [6.07, 6.45) is 0. The average Bonchev–Trinajstić information content (AvgIpc) is 2.59. The van der Waals surface area contributed by atoms with Gasteiger partial charge < -0.3 is 5.73 Å². The molecule has 4 aromatic carbocycles. The molecule has 0 heterocycles. The number of hydrogen-bond acceptors (Lipinski definition) is 2. The third-order valence-corrected chi connectivity index (χ3v) is 4.14. The Morgan fingerprint density at radius 2 is 1.17 bits per heavy atom. The zero-order chi connectivity index (χ0) is 15.8. The lowest BCUT2D eigenvalue weighted by molar-refractivity contribution is 0.103. The second-order valence-corrected chi connectivity index (χ2v) is 5.71. The van der Waals surface area contributed by atoms with Gasteiger partial charge in [0.1, 0.15) is 0 Å². The highest BCUT2D eigenvalue weighted by molar-refractivity contribution is 6.11. The first-order chi connectivity index (χ1) is 11.2. The minimum absolute atomic E-state index is 0.0139. The molecule has 4 rings (SSSR count). The molecule has 0 saturated heterocycles. The molecule has 0 radical (unpaired) electrons. The SMILES string of the molecule is Nc1ccc(C(=O)c2ccc3cc4ccccc4cc3c2)cc1. The van der Waals surface area contributed by atoms with Crippen LogP contribution in [-0.4, -0.2) is 5.78 Å². The van der Waals surface area contributed by atoms with E-state index in [1.807, 2.05) is 30.3 Å². The zero-order valence-corrected chi connectivity index (χ0v) is 12.5. The zero-order valence-electron chi connectivity index (χ0n) is 12.5. The number of rotatable bonds is 2. The Morgan fingerprint density at radius 3 is 1.87 bits per heavy atom. The summed E-state index contributed by atoms with van der Waals surface area (Å²) in [6.45, 7) is 0. The summed E-state index contributed by atoms with van der Waals surface area (Å²) in [4.78, 5) is 12.6. The van der Waals surface area contributed by atoms with E-state index in [4.69, 9.17) is 5.73 Å². The Hall–Kier alpha value is -3.13. The molecule has 2 heteroatoms. The summed E-state index contributed by atoms with van der Waals surface area (Å²) in [5.41, 5.74) is 7.68. The highest BCUT2D eigenvalue weighted by Gasteiger charge is 2.09. The van der Waals surface area contributed by atoms with Crippen molar-refractivity contribution in [2.75, 3.05) is 5.73 Å². The first-order valence-electron chi connectivity index (χ1n) is 7.53. The molecule has 0 unspecified atom stereocenters. The van der Waals surface area contributed by atoms with Crippen LogP contribution in [0.4, 0.5) is 5.69 Å². The molecule has 4 aromatic rings. The normalized spacial score (nSPS) is 11.0. The summed E-state index contributed by atoms with van der Waals surface area (Å²) in [5.74, 6) is 0.0139. The van der Waals surface area contributed by atoms with E-state index in [0.717, 1.165) is 10.8 Å². The van der Waals surface area contributed by atoms with Crippen LogP contribution in [0, 0.1) is 0 Å². The number of hydrogen-bond donors (Lipinski definition) is 1. The van der Waals surface area contributed by atoms with Gasteiger partial charge in [0.25, 0.3) is 0 Å². The lowest BCUT2D eigenvalue weighted by atomic mass is 9.98. The van der Waals surface area contributed by atoms with Crippen molar-refractivity contribution >= 4 is 33.0 Å². The van der Waals surface area contributed by atoms with Gasteiger partial charge in [-0.2, -0.15) is 0 Å². The summed E-state index contributed by atoms with van der Waals surface area (Å²) in [5, 5.41) is 4.59. The number of anilines is 1. The van der Waals surface area contributed by atoms with Crippen molar-refractivity contribution in [3.8, 4) is 0 Å². The molecule has 0 spiro atoms. The highest BCUT2D eigenvalue weighted by Crippen LogP contribution is 2.24. The van der Waals surface area contributed by atoms with Crippen molar-refractivity contribution in [1.29, 1.82) is 0 Å². The fourth-order valence-corrected chi connectivity index (χ4v) is 2.88. The minimum Gasteiger partial charge on any atom is -0.399 e. The largest absolute Gasteiger partial charge is 0.399 e. The number of benzene rings is 4. The van der Waals surface area contributed by atoms with Gasteiger partial charge in [0.15, 0.2) is 5.78 Å². The maximum absolute atomic E-state index is 12.6. The smallest absolute Gasteiger partial charge is 0.193 e. The Bertz CT molecular complexity index is 1030. The predicted molar refractivity (Wildman–Crippen MR) is 95.7 cm³/mol. The summed E-state index contributed by atoms with van der Waals surface area (Å²) < 4.78 is 0. The quantitative estimate of drug-likeness (QED) is 0.328. The van der Waals surface area contributed by atoms with Crippen LogP contribution in [0.3, 0.4) is 0 Å². The Labute approximate surface area is 134 Å². The molecule has 0 fully saturated rings. The topological polar surface area (TPSA) is 43.1 Å².